The molecule has 5 aromatic rings. The fourth-order valence-corrected chi connectivity index (χ4v) is 6.07. The van der Waals surface area contributed by atoms with E-state index in [4.69, 9.17) is 20.6 Å². The quantitative estimate of drug-likeness (QED) is 0.361. The van der Waals surface area contributed by atoms with Gasteiger partial charge in [0.2, 0.25) is 0 Å². The van der Waals surface area contributed by atoms with Gasteiger partial charge in [0.25, 0.3) is 0 Å². The number of fused-ring (bicyclic) bond motifs is 2. The molecule has 2 fully saturated rings. The molecule has 9 heteroatoms. The molecule has 1 saturated heterocycles. The van der Waals surface area contributed by atoms with E-state index in [1.165, 1.54) is 5.56 Å². The maximum absolute atomic E-state index is 6.42. The predicted molar refractivity (Wildman–Crippen MR) is 149 cm³/mol. The normalized spacial score (nSPS) is 20.9. The van der Waals surface area contributed by atoms with Crippen molar-refractivity contribution in [1.82, 2.24) is 34.6 Å². The second-order valence-electron chi connectivity index (χ2n) is 10.5. The van der Waals surface area contributed by atoms with Gasteiger partial charge in [-0.05, 0) is 44.7 Å². The molecule has 1 saturated carbocycles. The minimum Gasteiger partial charge on any atom is -0.383 e. The highest BCUT2D eigenvalue weighted by Gasteiger charge is 2.30. The van der Waals surface area contributed by atoms with Gasteiger partial charge < -0.3 is 15.5 Å². The average Bonchev–Trinajstić information content (AvgIpc) is 3.56. The van der Waals surface area contributed by atoms with E-state index in [0.29, 0.717) is 17.9 Å². The molecule has 0 unspecified atom stereocenters. The average molecular weight is 509 g/mol. The zero-order chi connectivity index (χ0) is 25.6. The van der Waals surface area contributed by atoms with E-state index in [2.05, 4.69) is 67.9 Å². The van der Waals surface area contributed by atoms with E-state index in [1.54, 1.807) is 6.33 Å². The summed E-state index contributed by atoms with van der Waals surface area (Å²) in [7, 11) is 0. The van der Waals surface area contributed by atoms with Crippen LogP contribution in [0.15, 0.2) is 48.8 Å². The number of aromatic nitrogens is 6. The molecule has 0 bridgehead atoms. The Morgan fingerprint density at radius 1 is 0.921 bits per heavy atom. The lowest BCUT2D eigenvalue weighted by atomic mass is 9.90. The predicted octanol–water partition coefficient (Wildman–Crippen LogP) is 4.74. The molecule has 38 heavy (non-hydrogen) atoms. The number of aromatic amines is 1. The summed E-state index contributed by atoms with van der Waals surface area (Å²) in [6.07, 6.45) is 6.00. The summed E-state index contributed by atoms with van der Waals surface area (Å²) in [6, 6.07) is 15.5. The van der Waals surface area contributed by atoms with Crippen molar-refractivity contribution < 1.29 is 4.74 Å². The van der Waals surface area contributed by atoms with Gasteiger partial charge >= 0.3 is 0 Å². The molecule has 0 amide bonds. The van der Waals surface area contributed by atoms with Gasteiger partial charge in [-0.25, -0.2) is 19.6 Å². The molecule has 1 aliphatic heterocycles. The van der Waals surface area contributed by atoms with Crippen molar-refractivity contribution in [3.8, 4) is 22.6 Å². The summed E-state index contributed by atoms with van der Waals surface area (Å²) in [5, 5.41) is 5.95. The summed E-state index contributed by atoms with van der Waals surface area (Å²) in [5.41, 5.74) is 13.2. The van der Waals surface area contributed by atoms with Gasteiger partial charge in [0.15, 0.2) is 5.65 Å². The first-order chi connectivity index (χ1) is 18.6. The van der Waals surface area contributed by atoms with Crippen LogP contribution in [0.1, 0.15) is 37.3 Å². The van der Waals surface area contributed by atoms with Crippen molar-refractivity contribution in [2.75, 3.05) is 32.0 Å². The molecular formula is C29H32N8O. The smallest absolute Gasteiger partial charge is 0.164 e. The van der Waals surface area contributed by atoms with E-state index >= 15 is 0 Å². The largest absolute Gasteiger partial charge is 0.383 e. The second kappa shape index (κ2) is 9.49. The van der Waals surface area contributed by atoms with E-state index in [0.717, 1.165) is 96.7 Å². The zero-order valence-electron chi connectivity index (χ0n) is 21.6. The van der Waals surface area contributed by atoms with Crippen LogP contribution in [-0.4, -0.2) is 67.0 Å². The van der Waals surface area contributed by atoms with Crippen molar-refractivity contribution in [1.29, 1.82) is 0 Å². The summed E-state index contributed by atoms with van der Waals surface area (Å²) in [6.45, 7) is 5.85. The highest BCUT2D eigenvalue weighted by molar-refractivity contribution is 5.99. The minimum absolute atomic E-state index is 0.293. The van der Waals surface area contributed by atoms with Crippen LogP contribution in [0.2, 0.25) is 0 Å². The highest BCUT2D eigenvalue weighted by Crippen LogP contribution is 2.37. The van der Waals surface area contributed by atoms with E-state index in [9.17, 15) is 0 Å². The number of nitrogens with two attached hydrogens (primary N) is 1. The van der Waals surface area contributed by atoms with Crippen LogP contribution in [0, 0.1) is 6.92 Å². The van der Waals surface area contributed by atoms with Crippen molar-refractivity contribution in [3.63, 3.8) is 0 Å². The molecule has 0 atom stereocenters. The molecular weight excluding hydrogens is 476 g/mol. The first-order valence-electron chi connectivity index (χ1n) is 13.5. The molecule has 194 valence electrons. The minimum atomic E-state index is 0.293. The molecule has 0 radical (unpaired) electrons. The second-order valence-corrected chi connectivity index (χ2v) is 10.5. The van der Waals surface area contributed by atoms with Gasteiger partial charge in [-0.3, -0.25) is 4.90 Å². The topological polar surface area (TPSA) is 111 Å². The van der Waals surface area contributed by atoms with Gasteiger partial charge in [0.05, 0.1) is 35.7 Å². The molecule has 4 heterocycles. The molecule has 7 rings (SSSR count). The molecule has 2 aromatic carbocycles. The van der Waals surface area contributed by atoms with E-state index in [1.807, 2.05) is 6.07 Å². The number of imidazole rings is 1. The first kappa shape index (κ1) is 23.3. The van der Waals surface area contributed by atoms with E-state index < -0.39 is 0 Å². The molecule has 3 aromatic heterocycles. The third kappa shape index (κ3) is 4.12. The number of rotatable bonds is 4. The fourth-order valence-electron chi connectivity index (χ4n) is 6.07. The monoisotopic (exact) mass is 508 g/mol. The molecule has 2 aliphatic rings. The zero-order valence-corrected chi connectivity index (χ0v) is 21.6. The van der Waals surface area contributed by atoms with Crippen LogP contribution < -0.4 is 5.73 Å². The number of nitrogen functional groups attached to an aromatic ring is 1. The Bertz CT molecular complexity index is 1590. The van der Waals surface area contributed by atoms with Crippen molar-refractivity contribution in [2.24, 2.45) is 0 Å². The number of H-pyrrole nitrogens is 1. The van der Waals surface area contributed by atoms with Gasteiger partial charge in [-0.1, -0.05) is 35.9 Å². The van der Waals surface area contributed by atoms with Crippen LogP contribution in [0.25, 0.3) is 44.7 Å². The Balaban J connectivity index is 1.22. The van der Waals surface area contributed by atoms with Gasteiger partial charge in [-0.2, -0.15) is 5.10 Å². The van der Waals surface area contributed by atoms with Gasteiger partial charge in [0.1, 0.15) is 23.7 Å². The SMILES string of the molecule is Cc1ccc(-c2nc3ccc(-c4nn([C@H]5CC[C@H](N6CCOCC6)CC5)c5ncnc(N)c45)cc3[nH]2)cc1. The number of hydrogen-bond donors (Lipinski definition) is 2. The Hall–Kier alpha value is -3.82. The number of hydrogen-bond acceptors (Lipinski definition) is 7. The number of ether oxygens (including phenoxy) is 1. The first-order valence-corrected chi connectivity index (χ1v) is 13.5. The van der Waals surface area contributed by atoms with Gasteiger partial charge in [-0.15, -0.1) is 0 Å². The summed E-state index contributed by atoms with van der Waals surface area (Å²) in [5.74, 6) is 1.32. The van der Waals surface area contributed by atoms with Crippen molar-refractivity contribution in [3.05, 3.63) is 54.4 Å². The van der Waals surface area contributed by atoms with Crippen LogP contribution in [0.4, 0.5) is 5.82 Å². The standard InChI is InChI=1S/C29H32N8O/c1-18-2-4-19(5-3-18)28-33-23-11-6-20(16-24(23)34-28)26-25-27(30)31-17-32-29(25)37(35-26)22-9-7-21(8-10-22)36-12-14-38-15-13-36/h2-6,11,16-17,21-22H,7-10,12-15H2,1H3,(H,33,34)(H2,30,31,32)/t21-,22-. The highest BCUT2D eigenvalue weighted by atomic mass is 16.5. The summed E-state index contributed by atoms with van der Waals surface area (Å²) < 4.78 is 7.66. The Labute approximate surface area is 221 Å². The van der Waals surface area contributed by atoms with Gasteiger partial charge in [0, 0.05) is 30.3 Å². The number of morpholine rings is 1. The number of aryl methyl sites for hydroxylation is 1. The lowest BCUT2D eigenvalue weighted by Gasteiger charge is -2.38. The number of nitrogens with zero attached hydrogens (tertiary/aromatic N) is 6. The van der Waals surface area contributed by atoms with Crippen LogP contribution in [-0.2, 0) is 4.74 Å². The maximum Gasteiger partial charge on any atom is 0.164 e. The third-order valence-corrected chi connectivity index (χ3v) is 8.17. The van der Waals surface area contributed by atoms with Crippen molar-refractivity contribution >= 4 is 27.9 Å². The Morgan fingerprint density at radius 3 is 2.45 bits per heavy atom. The van der Waals surface area contributed by atoms with Crippen LogP contribution in [0.5, 0.6) is 0 Å². The lowest BCUT2D eigenvalue weighted by Crippen LogP contribution is -2.45. The molecule has 9 nitrogen and oxygen atoms in total. The summed E-state index contributed by atoms with van der Waals surface area (Å²) in [4.78, 5) is 19.9. The number of benzene rings is 2. The Morgan fingerprint density at radius 2 is 1.66 bits per heavy atom. The van der Waals surface area contributed by atoms with Crippen LogP contribution >= 0.6 is 0 Å². The fraction of sp³-hybridized carbons (Fsp3) is 0.379. The maximum atomic E-state index is 6.42. The third-order valence-electron chi connectivity index (χ3n) is 8.17. The molecule has 0 spiro atoms. The van der Waals surface area contributed by atoms with E-state index in [-0.39, 0.29) is 0 Å². The molecule has 1 aliphatic carbocycles. The molecule has 3 N–H and O–H groups in total. The number of anilines is 1. The lowest BCUT2D eigenvalue weighted by molar-refractivity contribution is 0.00520. The van der Waals surface area contributed by atoms with Crippen LogP contribution in [0.3, 0.4) is 0 Å². The summed E-state index contributed by atoms with van der Waals surface area (Å²) >= 11 is 0. The van der Waals surface area contributed by atoms with Crippen molar-refractivity contribution in [2.45, 2.75) is 44.7 Å². The number of nitrogens with one attached hydrogen (secondary N) is 1. The Kier molecular flexibility index (Phi) is 5.82.